The first-order valence-electron chi connectivity index (χ1n) is 6.88. The van der Waals surface area contributed by atoms with Crippen LogP contribution in [0.1, 0.15) is 37.2 Å². The van der Waals surface area contributed by atoms with E-state index in [9.17, 15) is 5.11 Å². The van der Waals surface area contributed by atoms with Crippen LogP contribution >= 0.6 is 15.9 Å². The predicted molar refractivity (Wildman–Crippen MR) is 76.6 cm³/mol. The Morgan fingerprint density at radius 2 is 1.89 bits per heavy atom. The molecule has 0 amide bonds. The lowest BCUT2D eigenvalue weighted by atomic mass is 9.75. The molecule has 0 heterocycles. The molecular weight excluding hydrogens is 290 g/mol. The summed E-state index contributed by atoms with van der Waals surface area (Å²) in [7, 11) is 0. The van der Waals surface area contributed by atoms with Crippen LogP contribution in [0.25, 0.3) is 0 Å². The number of halogens is 1. The Bertz CT molecular complexity index is 411. The standard InChI is InChI=1S/C15H20BrNO/c16-15-4-2-1-3-14(15)11-7-12(8-11)17-9-10-5-13(18)6-10/h1-4,10-13,17-18H,5-9H2. The van der Waals surface area contributed by atoms with Gasteiger partial charge in [-0.2, -0.15) is 0 Å². The summed E-state index contributed by atoms with van der Waals surface area (Å²) in [5.74, 6) is 1.42. The van der Waals surface area contributed by atoms with Gasteiger partial charge < -0.3 is 10.4 Å². The van der Waals surface area contributed by atoms with Crippen molar-refractivity contribution in [1.29, 1.82) is 0 Å². The Morgan fingerprint density at radius 1 is 1.17 bits per heavy atom. The third kappa shape index (κ3) is 2.63. The summed E-state index contributed by atoms with van der Waals surface area (Å²) in [6, 6.07) is 9.24. The lowest BCUT2D eigenvalue weighted by Crippen LogP contribution is -2.45. The van der Waals surface area contributed by atoms with Crippen molar-refractivity contribution in [3.05, 3.63) is 34.3 Å². The Morgan fingerprint density at radius 3 is 2.56 bits per heavy atom. The molecule has 1 aromatic rings. The average molecular weight is 310 g/mol. The van der Waals surface area contributed by atoms with Gasteiger partial charge in [0.25, 0.3) is 0 Å². The molecule has 0 spiro atoms. The molecule has 2 aliphatic carbocycles. The summed E-state index contributed by atoms with van der Waals surface area (Å²) in [6.45, 7) is 1.09. The predicted octanol–water partition coefficient (Wildman–Crippen LogP) is 3.06. The number of hydrogen-bond donors (Lipinski definition) is 2. The summed E-state index contributed by atoms with van der Waals surface area (Å²) < 4.78 is 1.25. The molecule has 3 rings (SSSR count). The van der Waals surface area contributed by atoms with Crippen LogP contribution in [0.15, 0.2) is 28.7 Å². The van der Waals surface area contributed by atoms with Crippen molar-refractivity contribution in [3.63, 3.8) is 0 Å². The van der Waals surface area contributed by atoms with Gasteiger partial charge in [-0.05, 0) is 55.7 Å². The second-order valence-corrected chi connectivity index (χ2v) is 6.64. The Kier molecular flexibility index (Phi) is 3.73. The lowest BCUT2D eigenvalue weighted by Gasteiger charge is -2.39. The number of aliphatic hydroxyl groups excluding tert-OH is 1. The van der Waals surface area contributed by atoms with Crippen LogP contribution in [-0.2, 0) is 0 Å². The maximum atomic E-state index is 9.24. The number of nitrogens with one attached hydrogen (secondary N) is 1. The first kappa shape index (κ1) is 12.6. The largest absolute Gasteiger partial charge is 0.393 e. The monoisotopic (exact) mass is 309 g/mol. The van der Waals surface area contributed by atoms with Gasteiger partial charge in [0.1, 0.15) is 0 Å². The Hall–Kier alpha value is -0.380. The highest BCUT2D eigenvalue weighted by Gasteiger charge is 2.33. The van der Waals surface area contributed by atoms with E-state index in [0.29, 0.717) is 17.9 Å². The summed E-state index contributed by atoms with van der Waals surface area (Å²) >= 11 is 3.63. The molecule has 0 aromatic heterocycles. The van der Waals surface area contributed by atoms with Gasteiger partial charge in [-0.25, -0.2) is 0 Å². The van der Waals surface area contributed by atoms with Gasteiger partial charge in [-0.3, -0.25) is 0 Å². The number of benzene rings is 1. The smallest absolute Gasteiger partial charge is 0.0546 e. The van der Waals surface area contributed by atoms with Crippen LogP contribution in [0.2, 0.25) is 0 Å². The molecule has 2 aliphatic rings. The summed E-state index contributed by atoms with van der Waals surface area (Å²) in [5.41, 5.74) is 1.45. The van der Waals surface area contributed by atoms with Crippen molar-refractivity contribution >= 4 is 15.9 Å². The van der Waals surface area contributed by atoms with Gasteiger partial charge in [0.2, 0.25) is 0 Å². The van der Waals surface area contributed by atoms with E-state index in [2.05, 4.69) is 45.5 Å². The number of hydrogen-bond acceptors (Lipinski definition) is 2. The summed E-state index contributed by atoms with van der Waals surface area (Å²) in [5, 5.41) is 12.9. The third-order valence-electron chi connectivity index (χ3n) is 4.39. The molecule has 1 aromatic carbocycles. The minimum Gasteiger partial charge on any atom is -0.393 e. The van der Waals surface area contributed by atoms with Crippen LogP contribution in [0.5, 0.6) is 0 Å². The fourth-order valence-corrected chi connectivity index (χ4v) is 3.65. The average Bonchev–Trinajstić information content (AvgIpc) is 2.26. The normalized spacial score (nSPS) is 34.8. The van der Waals surface area contributed by atoms with E-state index in [1.807, 2.05) is 0 Å². The number of rotatable bonds is 4. The maximum Gasteiger partial charge on any atom is 0.0546 e. The zero-order chi connectivity index (χ0) is 12.5. The van der Waals surface area contributed by atoms with Gasteiger partial charge in [0.05, 0.1) is 6.10 Å². The summed E-state index contributed by atoms with van der Waals surface area (Å²) in [4.78, 5) is 0. The molecule has 0 bridgehead atoms. The first-order valence-corrected chi connectivity index (χ1v) is 7.67. The zero-order valence-electron chi connectivity index (χ0n) is 10.5. The highest BCUT2D eigenvalue weighted by molar-refractivity contribution is 9.10. The van der Waals surface area contributed by atoms with Gasteiger partial charge in [0, 0.05) is 10.5 Å². The minimum atomic E-state index is -0.0220. The molecule has 0 unspecified atom stereocenters. The van der Waals surface area contributed by atoms with Crippen LogP contribution < -0.4 is 5.32 Å². The molecule has 2 nitrogen and oxygen atoms in total. The molecule has 3 heteroatoms. The fraction of sp³-hybridized carbons (Fsp3) is 0.600. The van der Waals surface area contributed by atoms with Crippen LogP contribution in [0.3, 0.4) is 0 Å². The molecule has 0 atom stereocenters. The second-order valence-electron chi connectivity index (χ2n) is 5.79. The maximum absolute atomic E-state index is 9.24. The van der Waals surface area contributed by atoms with Crippen LogP contribution in [-0.4, -0.2) is 23.8 Å². The highest BCUT2D eigenvalue weighted by atomic mass is 79.9. The van der Waals surface area contributed by atoms with E-state index in [1.165, 1.54) is 22.9 Å². The van der Waals surface area contributed by atoms with E-state index in [-0.39, 0.29) is 6.10 Å². The SMILES string of the molecule is OC1CC(CNC2CC(c3ccccc3Br)C2)C1. The minimum absolute atomic E-state index is 0.0220. The van der Waals surface area contributed by atoms with Gasteiger partial charge >= 0.3 is 0 Å². The van der Waals surface area contributed by atoms with E-state index in [1.54, 1.807) is 0 Å². The van der Waals surface area contributed by atoms with Crippen molar-refractivity contribution in [2.75, 3.05) is 6.54 Å². The van der Waals surface area contributed by atoms with Gasteiger partial charge in [0.15, 0.2) is 0 Å². The molecule has 0 aliphatic heterocycles. The Labute approximate surface area is 117 Å². The fourth-order valence-electron chi connectivity index (χ4n) is 3.05. The highest BCUT2D eigenvalue weighted by Crippen LogP contribution is 2.40. The second kappa shape index (κ2) is 5.32. The first-order chi connectivity index (χ1) is 8.72. The molecule has 18 heavy (non-hydrogen) atoms. The van der Waals surface area contributed by atoms with E-state index < -0.39 is 0 Å². The van der Waals surface area contributed by atoms with Crippen LogP contribution in [0, 0.1) is 5.92 Å². The molecule has 2 saturated carbocycles. The van der Waals surface area contributed by atoms with E-state index in [0.717, 1.165) is 19.4 Å². The number of aliphatic hydroxyl groups is 1. The quantitative estimate of drug-likeness (QED) is 0.896. The van der Waals surface area contributed by atoms with Gasteiger partial charge in [-0.15, -0.1) is 0 Å². The van der Waals surface area contributed by atoms with Crippen molar-refractivity contribution in [1.82, 2.24) is 5.32 Å². The molecule has 0 radical (unpaired) electrons. The van der Waals surface area contributed by atoms with E-state index in [4.69, 9.17) is 0 Å². The molecule has 2 fully saturated rings. The summed E-state index contributed by atoms with van der Waals surface area (Å²) in [6.07, 6.45) is 4.46. The van der Waals surface area contributed by atoms with E-state index >= 15 is 0 Å². The molecule has 0 saturated heterocycles. The third-order valence-corrected chi connectivity index (χ3v) is 5.11. The van der Waals surface area contributed by atoms with Crippen molar-refractivity contribution in [2.24, 2.45) is 5.92 Å². The van der Waals surface area contributed by atoms with Crippen molar-refractivity contribution in [3.8, 4) is 0 Å². The lowest BCUT2D eigenvalue weighted by molar-refractivity contribution is 0.0400. The molecular formula is C15H20BrNO. The van der Waals surface area contributed by atoms with Crippen molar-refractivity contribution < 1.29 is 5.11 Å². The Balaban J connectivity index is 1.42. The molecule has 98 valence electrons. The molecule has 2 N–H and O–H groups in total. The van der Waals surface area contributed by atoms with Crippen LogP contribution in [0.4, 0.5) is 0 Å². The zero-order valence-corrected chi connectivity index (χ0v) is 12.1. The van der Waals surface area contributed by atoms with Gasteiger partial charge in [-0.1, -0.05) is 34.1 Å². The topological polar surface area (TPSA) is 32.3 Å². The van der Waals surface area contributed by atoms with Crippen molar-refractivity contribution in [2.45, 2.75) is 43.7 Å².